The van der Waals surface area contributed by atoms with Gasteiger partial charge in [-0.1, -0.05) is 27.7 Å². The number of carbonyl (C=O) groups is 9. The maximum Gasteiger partial charge on any atom is 0.303 e. The van der Waals surface area contributed by atoms with Crippen LogP contribution in [0.25, 0.3) is 0 Å². The lowest BCUT2D eigenvalue weighted by atomic mass is 9.41. The van der Waals surface area contributed by atoms with E-state index in [2.05, 4.69) is 34.6 Å². The molecule has 24 atom stereocenters. The molecule has 0 bridgehead atoms. The Kier molecular flexibility index (Phi) is 19.2. The first-order valence-electron chi connectivity index (χ1n) is 31.2. The van der Waals surface area contributed by atoms with Crippen molar-refractivity contribution in [2.75, 3.05) is 19.8 Å². The summed E-state index contributed by atoms with van der Waals surface area (Å²) in [6.07, 6.45) is -14.2. The van der Waals surface area contributed by atoms with Gasteiger partial charge in [0.15, 0.2) is 73.8 Å². The van der Waals surface area contributed by atoms with Crippen LogP contribution in [0.4, 0.5) is 0 Å². The average Bonchev–Trinajstić information content (AvgIpc) is 1.46. The minimum atomic E-state index is -1.65. The first-order chi connectivity index (χ1) is 41.4. The molecular formula is C63H92O26. The molecule has 0 amide bonds. The van der Waals surface area contributed by atoms with E-state index in [1.54, 1.807) is 13.8 Å². The highest BCUT2D eigenvalue weighted by molar-refractivity contribution is 5.70. The summed E-state index contributed by atoms with van der Waals surface area (Å²) in [4.78, 5) is 115. The Bertz CT molecular complexity index is 2740. The molecule has 5 aliphatic carbocycles. The summed E-state index contributed by atoms with van der Waals surface area (Å²) in [7, 11) is 0. The fourth-order valence-corrected chi connectivity index (χ4v) is 18.5. The van der Waals surface area contributed by atoms with Gasteiger partial charge in [-0.25, -0.2) is 0 Å². The van der Waals surface area contributed by atoms with Crippen LogP contribution in [0, 0.1) is 44.8 Å². The summed E-state index contributed by atoms with van der Waals surface area (Å²) < 4.78 is 99.7. The zero-order chi connectivity index (χ0) is 65.5. The highest BCUT2D eigenvalue weighted by Gasteiger charge is 2.86. The molecule has 9 aliphatic rings. The van der Waals surface area contributed by atoms with Crippen molar-refractivity contribution in [3.63, 3.8) is 0 Å². The molecule has 26 heteroatoms. The number of fused-ring (bicyclic) bond motifs is 2. The Morgan fingerprint density at radius 3 is 1.28 bits per heavy atom. The van der Waals surface area contributed by atoms with Crippen molar-refractivity contribution >= 4 is 53.7 Å². The van der Waals surface area contributed by atoms with E-state index >= 15 is 0 Å². The van der Waals surface area contributed by atoms with Crippen molar-refractivity contribution in [1.82, 2.24) is 0 Å². The summed E-state index contributed by atoms with van der Waals surface area (Å²) in [6.45, 7) is 23.9. The summed E-state index contributed by atoms with van der Waals surface area (Å²) in [5.74, 6) is -7.38. The number of hydrogen-bond donors (Lipinski definition) is 1. The van der Waals surface area contributed by atoms with Crippen molar-refractivity contribution in [1.29, 1.82) is 0 Å². The van der Waals surface area contributed by atoms with Crippen LogP contribution in [-0.4, -0.2) is 188 Å². The molecule has 1 N–H and O–H groups in total. The Morgan fingerprint density at radius 2 is 0.843 bits per heavy atom. The van der Waals surface area contributed by atoms with Crippen LogP contribution in [-0.2, 0) is 119 Å². The third kappa shape index (κ3) is 12.9. The molecule has 4 heterocycles. The minimum Gasteiger partial charge on any atom is -0.462 e. The van der Waals surface area contributed by atoms with E-state index in [9.17, 15) is 48.3 Å². The number of carbonyl (C=O) groups excluding carboxylic acids is 9. The largest absolute Gasteiger partial charge is 0.462 e. The maximum atomic E-state index is 13.3. The normalized spacial score (nSPS) is 43.6. The number of hydrogen-bond acceptors (Lipinski definition) is 26. The van der Waals surface area contributed by atoms with E-state index in [0.29, 0.717) is 38.5 Å². The van der Waals surface area contributed by atoms with Crippen molar-refractivity contribution in [3.05, 3.63) is 0 Å². The molecule has 9 fully saturated rings. The zero-order valence-corrected chi connectivity index (χ0v) is 54.1. The van der Waals surface area contributed by atoms with Crippen LogP contribution >= 0.6 is 0 Å². The topological polar surface area (TPSA) is 322 Å². The van der Waals surface area contributed by atoms with Gasteiger partial charge in [0, 0.05) is 68.2 Å². The molecular weight excluding hydrogens is 1170 g/mol. The summed E-state index contributed by atoms with van der Waals surface area (Å²) in [6, 6.07) is 0. The first kappa shape index (κ1) is 68.3. The molecule has 24 unspecified atom stereocenters. The lowest BCUT2D eigenvalue weighted by Crippen LogP contribution is -2.66. The number of ether oxygens (including phenoxy) is 16. The molecule has 89 heavy (non-hydrogen) atoms. The Labute approximate surface area is 518 Å². The van der Waals surface area contributed by atoms with Crippen molar-refractivity contribution < 1.29 is 124 Å². The van der Waals surface area contributed by atoms with E-state index in [0.717, 1.165) is 53.9 Å². The van der Waals surface area contributed by atoms with Crippen molar-refractivity contribution in [2.24, 2.45) is 44.8 Å². The van der Waals surface area contributed by atoms with E-state index in [-0.39, 0.29) is 30.5 Å². The van der Waals surface area contributed by atoms with Crippen LogP contribution in [0.5, 0.6) is 0 Å². The van der Waals surface area contributed by atoms with E-state index < -0.39 is 197 Å². The lowest BCUT2D eigenvalue weighted by Gasteiger charge is -2.65. The van der Waals surface area contributed by atoms with Gasteiger partial charge in [0.25, 0.3) is 0 Å². The molecule has 26 nitrogen and oxygen atoms in total. The van der Waals surface area contributed by atoms with Crippen molar-refractivity contribution in [3.8, 4) is 0 Å². The standard InChI is InChI=1S/C63H92O26/c1-29(64)77-39-24-60(15)43-23-38(86-54-49(84-36(8)71)46(81-33(5)68)40(25-74-54)78-30(2)65)52-57(10,11)44(18-20-63(52)28-62(43,63)22-21-59(60,14)53(39)61(16)19-17-45(89-61)58(12,13)73)87-55-51(48(83-35(7)70)42(26-75-55)80-32(4)67)88-56-50(85-37(9)72)47(82-34(6)69)41(27-76-56)79-31(3)66/h38-56,73H,17-28H2,1-16H3. The Balaban J connectivity index is 1.12. The Hall–Kier alpha value is -5.09. The average molecular weight is 1270 g/mol. The SMILES string of the molecule is CC(=O)OC1COC(OC2CC3C4(C)CC(OC(C)=O)C(C5(C)CCC(C(C)(C)O)O5)C4(C)CCC34CC43CCC(OC4OCC(OC(C)=O)C(OC(C)=O)C4OC4OCC(OC(C)=O)C(OC(C)=O)C4OC(C)=O)C(C)(C)C23)C(OC(C)=O)C1OC(C)=O. The summed E-state index contributed by atoms with van der Waals surface area (Å²) in [5, 5.41) is 11.3. The van der Waals surface area contributed by atoms with Crippen molar-refractivity contribution in [2.45, 2.75) is 278 Å². The second kappa shape index (κ2) is 25.1. The van der Waals surface area contributed by atoms with Gasteiger partial charge in [-0.3, -0.25) is 43.2 Å². The van der Waals surface area contributed by atoms with Gasteiger partial charge in [-0.05, 0) is 117 Å². The van der Waals surface area contributed by atoms with Gasteiger partial charge in [-0.15, -0.1) is 0 Å². The van der Waals surface area contributed by atoms with Gasteiger partial charge >= 0.3 is 53.7 Å². The molecule has 9 rings (SSSR count). The van der Waals surface area contributed by atoms with Gasteiger partial charge in [0.1, 0.15) is 6.10 Å². The lowest BCUT2D eigenvalue weighted by molar-refractivity contribution is -0.360. The molecule has 0 aromatic carbocycles. The molecule has 2 spiro atoms. The van der Waals surface area contributed by atoms with Gasteiger partial charge < -0.3 is 80.9 Å². The Morgan fingerprint density at radius 1 is 0.427 bits per heavy atom. The van der Waals surface area contributed by atoms with Crippen LogP contribution in [0.2, 0.25) is 0 Å². The molecule has 500 valence electrons. The summed E-state index contributed by atoms with van der Waals surface area (Å²) in [5.41, 5.74) is -4.68. The third-order valence-electron chi connectivity index (χ3n) is 21.5. The highest BCUT2D eigenvalue weighted by Crippen LogP contribution is 2.89. The van der Waals surface area contributed by atoms with Crippen LogP contribution < -0.4 is 0 Å². The third-order valence-corrected chi connectivity index (χ3v) is 21.5. The molecule has 5 saturated carbocycles. The number of rotatable bonds is 17. The second-order valence-corrected chi connectivity index (χ2v) is 28.2. The quantitative estimate of drug-likeness (QED) is 0.114. The molecule has 0 aromatic rings. The first-order valence-corrected chi connectivity index (χ1v) is 31.2. The molecule has 4 saturated heterocycles. The number of aliphatic hydroxyl groups is 1. The predicted octanol–water partition coefficient (Wildman–Crippen LogP) is 4.96. The van der Waals surface area contributed by atoms with Gasteiger partial charge in [0.05, 0.1) is 49.3 Å². The number of esters is 9. The van der Waals surface area contributed by atoms with E-state index in [4.69, 9.17) is 75.8 Å². The minimum absolute atomic E-state index is 0.102. The van der Waals surface area contributed by atoms with E-state index in [1.165, 1.54) is 27.7 Å². The highest BCUT2D eigenvalue weighted by atomic mass is 16.8. The van der Waals surface area contributed by atoms with E-state index in [1.807, 2.05) is 0 Å². The molecule has 0 radical (unpaired) electrons. The smallest absolute Gasteiger partial charge is 0.303 e. The van der Waals surface area contributed by atoms with Gasteiger partial charge in [0.2, 0.25) is 0 Å². The van der Waals surface area contributed by atoms with Crippen LogP contribution in [0.3, 0.4) is 0 Å². The second-order valence-electron chi connectivity index (χ2n) is 28.2. The molecule has 4 aliphatic heterocycles. The maximum absolute atomic E-state index is 13.3. The fourth-order valence-electron chi connectivity index (χ4n) is 18.5. The summed E-state index contributed by atoms with van der Waals surface area (Å²) >= 11 is 0. The predicted molar refractivity (Wildman–Crippen MR) is 300 cm³/mol. The molecule has 0 aromatic heterocycles. The fraction of sp³-hybridized carbons (Fsp3) is 0.857. The van der Waals surface area contributed by atoms with Crippen LogP contribution in [0.1, 0.15) is 169 Å². The zero-order valence-electron chi connectivity index (χ0n) is 54.1. The van der Waals surface area contributed by atoms with Crippen LogP contribution in [0.15, 0.2) is 0 Å². The monoisotopic (exact) mass is 1260 g/mol. The van der Waals surface area contributed by atoms with Gasteiger partial charge in [-0.2, -0.15) is 0 Å².